The Balaban J connectivity index is 1.29. The van der Waals surface area contributed by atoms with E-state index in [2.05, 4.69) is 205 Å². The zero-order chi connectivity index (χ0) is 33.8. The Morgan fingerprint density at radius 2 is 0.882 bits per heavy atom. The number of hydrogen-bond acceptors (Lipinski definition) is 2. The number of nitrogens with zero attached hydrogens (tertiary/aromatic N) is 1. The van der Waals surface area contributed by atoms with Gasteiger partial charge in [0, 0.05) is 27.6 Å². The molecule has 2 nitrogen and oxygen atoms in total. The zero-order valence-corrected chi connectivity index (χ0v) is 27.9. The molecule has 0 aliphatic heterocycles. The van der Waals surface area contributed by atoms with Gasteiger partial charge in [0.2, 0.25) is 0 Å². The molecule has 1 aliphatic rings. The van der Waals surface area contributed by atoms with Crippen LogP contribution in [-0.2, 0) is 5.41 Å². The van der Waals surface area contributed by atoms with Crippen LogP contribution in [0, 0.1) is 0 Å². The van der Waals surface area contributed by atoms with Crippen LogP contribution in [-0.4, -0.2) is 0 Å². The average Bonchev–Trinajstić information content (AvgIpc) is 3.75. The Kier molecular flexibility index (Phi) is 6.75. The van der Waals surface area contributed by atoms with Crippen molar-refractivity contribution in [1.82, 2.24) is 0 Å². The number of para-hydroxylation sites is 3. The van der Waals surface area contributed by atoms with E-state index in [1.807, 2.05) is 0 Å². The predicted molar refractivity (Wildman–Crippen MR) is 211 cm³/mol. The van der Waals surface area contributed by atoms with Gasteiger partial charge in [-0.2, -0.15) is 0 Å². The summed E-state index contributed by atoms with van der Waals surface area (Å²) < 4.78 is 7.02. The van der Waals surface area contributed by atoms with E-state index in [1.54, 1.807) is 0 Å². The van der Waals surface area contributed by atoms with Crippen molar-refractivity contribution in [3.63, 3.8) is 0 Å². The predicted octanol–water partition coefficient (Wildman–Crippen LogP) is 13.1. The van der Waals surface area contributed by atoms with Gasteiger partial charge in [0.25, 0.3) is 0 Å². The second-order valence-corrected chi connectivity index (χ2v) is 13.2. The van der Waals surface area contributed by atoms with E-state index in [-0.39, 0.29) is 0 Å². The molecule has 0 spiro atoms. The van der Waals surface area contributed by atoms with Gasteiger partial charge in [-0.1, -0.05) is 176 Å². The molecule has 51 heavy (non-hydrogen) atoms. The van der Waals surface area contributed by atoms with E-state index in [0.717, 1.165) is 50.1 Å². The van der Waals surface area contributed by atoms with Crippen LogP contribution in [0.5, 0.6) is 0 Å². The van der Waals surface area contributed by atoms with Crippen LogP contribution >= 0.6 is 0 Å². The molecule has 1 aliphatic carbocycles. The van der Waals surface area contributed by atoms with Crippen LogP contribution in [0.2, 0.25) is 0 Å². The molecule has 0 saturated carbocycles. The van der Waals surface area contributed by atoms with Crippen LogP contribution in [0.25, 0.3) is 44.2 Å². The van der Waals surface area contributed by atoms with Crippen LogP contribution < -0.4 is 4.90 Å². The lowest BCUT2D eigenvalue weighted by atomic mass is 9.68. The van der Waals surface area contributed by atoms with Crippen molar-refractivity contribution < 1.29 is 4.42 Å². The minimum absolute atomic E-state index is 0.497. The summed E-state index contributed by atoms with van der Waals surface area (Å²) in [5.41, 5.74) is 14.2. The molecular formula is C49H33NO. The third-order valence-corrected chi connectivity index (χ3v) is 10.5. The van der Waals surface area contributed by atoms with Gasteiger partial charge in [-0.05, 0) is 57.6 Å². The smallest absolute Gasteiger partial charge is 0.159 e. The number of furan rings is 1. The lowest BCUT2D eigenvalue weighted by molar-refractivity contribution is 0.670. The molecule has 0 fully saturated rings. The van der Waals surface area contributed by atoms with Crippen LogP contribution in [0.15, 0.2) is 205 Å². The Labute approximate surface area is 297 Å². The highest BCUT2D eigenvalue weighted by atomic mass is 16.3. The molecule has 0 bridgehead atoms. The van der Waals surface area contributed by atoms with Gasteiger partial charge in [-0.3, -0.25) is 0 Å². The molecular weight excluding hydrogens is 619 g/mol. The van der Waals surface area contributed by atoms with Crippen molar-refractivity contribution in [2.24, 2.45) is 0 Å². The number of fused-ring (bicyclic) bond motifs is 6. The largest absolute Gasteiger partial charge is 0.453 e. The molecule has 8 aromatic carbocycles. The second kappa shape index (κ2) is 11.8. The molecule has 0 amide bonds. The van der Waals surface area contributed by atoms with Gasteiger partial charge >= 0.3 is 0 Å². The highest BCUT2D eigenvalue weighted by molar-refractivity contribution is 6.14. The maximum atomic E-state index is 7.02. The molecule has 0 N–H and O–H groups in total. The van der Waals surface area contributed by atoms with E-state index < -0.39 is 5.41 Å². The van der Waals surface area contributed by atoms with Gasteiger partial charge in [-0.25, -0.2) is 0 Å². The summed E-state index contributed by atoms with van der Waals surface area (Å²) in [6.45, 7) is 0. The topological polar surface area (TPSA) is 16.4 Å². The van der Waals surface area contributed by atoms with Crippen molar-refractivity contribution in [2.75, 3.05) is 4.90 Å². The van der Waals surface area contributed by atoms with Crippen molar-refractivity contribution in [3.05, 3.63) is 222 Å². The number of anilines is 3. The van der Waals surface area contributed by atoms with E-state index in [4.69, 9.17) is 4.42 Å². The van der Waals surface area contributed by atoms with E-state index in [1.165, 1.54) is 33.4 Å². The van der Waals surface area contributed by atoms with Crippen LogP contribution in [0.3, 0.4) is 0 Å². The Hall–Kier alpha value is -6.64. The third-order valence-electron chi connectivity index (χ3n) is 10.5. The quantitative estimate of drug-likeness (QED) is 0.178. The first kappa shape index (κ1) is 29.3. The SMILES string of the molecule is c1ccc(-c2cccc3c2oc2c(N(c4ccccc4)c4cccc5c4-c4ccccc4C5(c4ccccc4)c4ccccc4)cccc23)cc1. The maximum absolute atomic E-state index is 7.02. The summed E-state index contributed by atoms with van der Waals surface area (Å²) >= 11 is 0. The second-order valence-electron chi connectivity index (χ2n) is 13.2. The summed E-state index contributed by atoms with van der Waals surface area (Å²) in [5, 5.41) is 2.20. The third kappa shape index (κ3) is 4.36. The first-order chi connectivity index (χ1) is 25.3. The lowest BCUT2D eigenvalue weighted by Gasteiger charge is -2.34. The molecule has 1 aromatic heterocycles. The summed E-state index contributed by atoms with van der Waals surface area (Å²) in [6.07, 6.45) is 0. The van der Waals surface area contributed by atoms with Gasteiger partial charge in [0.05, 0.1) is 16.8 Å². The maximum Gasteiger partial charge on any atom is 0.159 e. The highest BCUT2D eigenvalue weighted by Gasteiger charge is 2.47. The van der Waals surface area contributed by atoms with Crippen LogP contribution in [0.1, 0.15) is 22.3 Å². The molecule has 0 saturated heterocycles. The summed E-state index contributed by atoms with van der Waals surface area (Å²) in [6, 6.07) is 72.0. The number of benzene rings is 8. The molecule has 0 atom stereocenters. The Morgan fingerprint density at radius 1 is 0.373 bits per heavy atom. The molecule has 9 aromatic rings. The van der Waals surface area contributed by atoms with Gasteiger partial charge in [-0.15, -0.1) is 0 Å². The first-order valence-corrected chi connectivity index (χ1v) is 17.5. The normalized spacial score (nSPS) is 12.9. The highest BCUT2D eigenvalue weighted by Crippen LogP contribution is 2.59. The van der Waals surface area contributed by atoms with Crippen molar-refractivity contribution in [1.29, 1.82) is 0 Å². The van der Waals surface area contributed by atoms with Crippen LogP contribution in [0.4, 0.5) is 17.1 Å². The van der Waals surface area contributed by atoms with E-state index in [9.17, 15) is 0 Å². The Morgan fingerprint density at radius 3 is 1.59 bits per heavy atom. The number of hydrogen-bond donors (Lipinski definition) is 0. The fourth-order valence-electron chi connectivity index (χ4n) is 8.47. The minimum atomic E-state index is -0.497. The minimum Gasteiger partial charge on any atom is -0.453 e. The monoisotopic (exact) mass is 651 g/mol. The Bertz CT molecular complexity index is 2640. The summed E-state index contributed by atoms with van der Waals surface area (Å²) in [4.78, 5) is 2.40. The van der Waals surface area contributed by atoms with Gasteiger partial charge in [0.15, 0.2) is 5.58 Å². The van der Waals surface area contributed by atoms with Gasteiger partial charge < -0.3 is 9.32 Å². The summed E-state index contributed by atoms with van der Waals surface area (Å²) in [7, 11) is 0. The number of rotatable bonds is 6. The fourth-order valence-corrected chi connectivity index (χ4v) is 8.47. The zero-order valence-electron chi connectivity index (χ0n) is 27.9. The molecule has 240 valence electrons. The molecule has 1 heterocycles. The molecule has 10 rings (SSSR count). The first-order valence-electron chi connectivity index (χ1n) is 17.5. The van der Waals surface area contributed by atoms with Gasteiger partial charge in [0.1, 0.15) is 5.58 Å². The molecule has 2 heteroatoms. The van der Waals surface area contributed by atoms with E-state index >= 15 is 0 Å². The summed E-state index contributed by atoms with van der Waals surface area (Å²) in [5.74, 6) is 0. The van der Waals surface area contributed by atoms with Crippen molar-refractivity contribution >= 4 is 39.0 Å². The fraction of sp³-hybridized carbons (Fsp3) is 0.0204. The van der Waals surface area contributed by atoms with E-state index in [0.29, 0.717) is 0 Å². The molecule has 0 radical (unpaired) electrons. The standard InChI is InChI=1S/C49H33NO/c1-5-18-34(19-6-1)38-27-15-28-39-40-29-16-33-45(48(40)51-47(38)39)50(37-24-11-4-12-25-37)44-32-17-31-43-46(44)41-26-13-14-30-42(41)49(43,35-20-7-2-8-21-35)36-22-9-3-10-23-36/h1-33H. The average molecular weight is 652 g/mol. The van der Waals surface area contributed by atoms with Crippen molar-refractivity contribution in [3.8, 4) is 22.3 Å². The lowest BCUT2D eigenvalue weighted by Crippen LogP contribution is -2.28. The molecule has 0 unspecified atom stereocenters. The van der Waals surface area contributed by atoms with Crippen molar-refractivity contribution in [2.45, 2.75) is 5.41 Å².